The van der Waals surface area contributed by atoms with Gasteiger partial charge in [0.05, 0.1) is 0 Å². The first kappa shape index (κ1) is 26.3. The molecule has 0 aliphatic heterocycles. The Labute approximate surface area is 194 Å². The molecule has 0 bridgehead atoms. The molecule has 0 aliphatic carbocycles. The first-order valence-corrected chi connectivity index (χ1v) is 11.8. The fourth-order valence-corrected chi connectivity index (χ4v) is 4.66. The van der Waals surface area contributed by atoms with Crippen LogP contribution in [0.2, 0.25) is 0 Å². The molecule has 2 aromatic rings. The summed E-state index contributed by atoms with van der Waals surface area (Å²) in [4.78, 5) is 23.6. The molecule has 0 aliphatic rings. The summed E-state index contributed by atoms with van der Waals surface area (Å²) >= 11 is 0. The number of anilines is 1. The Morgan fingerprint density at radius 3 is 2.24 bits per heavy atom. The fourth-order valence-electron chi connectivity index (χ4n) is 3.09. The molecule has 11 heteroatoms. The maximum Gasteiger partial charge on any atom is 0.356 e. The number of aromatic nitrogens is 2. The number of amides is 1. The minimum Gasteiger partial charge on any atom is -0.476 e. The Balaban J connectivity index is 2.55. The van der Waals surface area contributed by atoms with E-state index in [9.17, 15) is 23.1 Å². The summed E-state index contributed by atoms with van der Waals surface area (Å²) < 4.78 is 36.0. The van der Waals surface area contributed by atoms with Crippen molar-refractivity contribution in [3.8, 4) is 11.6 Å². The van der Waals surface area contributed by atoms with Crippen LogP contribution >= 0.6 is 0 Å². The second-order valence-corrected chi connectivity index (χ2v) is 11.8. The molecule has 1 aromatic carbocycles. The molecule has 1 aromatic heterocycles. The Hall–Kier alpha value is -2.92. The molecule has 182 valence electrons. The maximum absolute atomic E-state index is 13.2. The van der Waals surface area contributed by atoms with E-state index < -0.39 is 21.5 Å². The number of aryl methyl sites for hydroxylation is 1. The highest BCUT2D eigenvalue weighted by Crippen LogP contribution is 2.34. The van der Waals surface area contributed by atoms with Gasteiger partial charge >= 0.3 is 5.97 Å². The van der Waals surface area contributed by atoms with Gasteiger partial charge in [0.1, 0.15) is 10.6 Å². The minimum absolute atomic E-state index is 0.0383. The zero-order chi connectivity index (χ0) is 25.4. The highest BCUT2D eigenvalue weighted by Gasteiger charge is 2.28. The number of aromatic carboxylic acids is 1. The number of rotatable bonds is 7. The molecule has 1 heterocycles. The van der Waals surface area contributed by atoms with Crippen molar-refractivity contribution in [2.24, 2.45) is 12.5 Å². The van der Waals surface area contributed by atoms with E-state index in [0.717, 1.165) is 0 Å². The summed E-state index contributed by atoms with van der Waals surface area (Å²) in [5, 5.41) is 15.9. The number of nitrogens with one attached hydrogen (secondary N) is 2. The molecule has 0 saturated carbocycles. The van der Waals surface area contributed by atoms with E-state index in [2.05, 4.69) is 15.1 Å². The number of hydrogen-bond acceptors (Lipinski definition) is 6. The average Bonchev–Trinajstić information content (AvgIpc) is 2.87. The SMILES string of the molecule is Cc1c(C(=O)O)nn(C)c1Oc1ccc(NC(=O)CC(C)(C)C)cc1S(=O)(=O)NC(C)(C)C. The van der Waals surface area contributed by atoms with Crippen molar-refractivity contribution in [1.82, 2.24) is 14.5 Å². The van der Waals surface area contributed by atoms with E-state index in [1.165, 1.54) is 36.9 Å². The van der Waals surface area contributed by atoms with Gasteiger partial charge in [0.25, 0.3) is 0 Å². The van der Waals surface area contributed by atoms with Crippen LogP contribution in [-0.4, -0.2) is 40.7 Å². The molecule has 3 N–H and O–H groups in total. The third-order valence-corrected chi connectivity index (χ3v) is 6.06. The zero-order valence-electron chi connectivity index (χ0n) is 20.2. The lowest BCUT2D eigenvalue weighted by Gasteiger charge is -2.22. The van der Waals surface area contributed by atoms with Crippen molar-refractivity contribution >= 4 is 27.6 Å². The van der Waals surface area contributed by atoms with E-state index in [4.69, 9.17) is 4.74 Å². The summed E-state index contributed by atoms with van der Waals surface area (Å²) in [6.07, 6.45) is 0.250. The lowest BCUT2D eigenvalue weighted by atomic mass is 9.92. The van der Waals surface area contributed by atoms with Crippen LogP contribution in [0.1, 0.15) is 64.0 Å². The van der Waals surface area contributed by atoms with E-state index in [-0.39, 0.29) is 45.5 Å². The number of carbonyl (C=O) groups excluding carboxylic acids is 1. The molecular weight excluding hydrogens is 448 g/mol. The van der Waals surface area contributed by atoms with E-state index in [1.807, 2.05) is 20.8 Å². The molecular formula is C22H32N4O6S. The second kappa shape index (κ2) is 9.14. The lowest BCUT2D eigenvalue weighted by molar-refractivity contribution is -0.117. The normalized spacial score (nSPS) is 12.5. The van der Waals surface area contributed by atoms with Crippen molar-refractivity contribution < 1.29 is 27.9 Å². The minimum atomic E-state index is -4.07. The highest BCUT2D eigenvalue weighted by molar-refractivity contribution is 7.89. The van der Waals surface area contributed by atoms with Crippen LogP contribution in [0.5, 0.6) is 11.6 Å². The van der Waals surface area contributed by atoms with Gasteiger partial charge in [0.15, 0.2) is 5.69 Å². The summed E-state index contributed by atoms with van der Waals surface area (Å²) in [7, 11) is -2.57. The molecule has 0 radical (unpaired) electrons. The molecule has 0 unspecified atom stereocenters. The molecule has 33 heavy (non-hydrogen) atoms. The van der Waals surface area contributed by atoms with Gasteiger partial charge in [-0.05, 0) is 51.3 Å². The molecule has 0 saturated heterocycles. The Kier molecular flexibility index (Phi) is 7.30. The first-order valence-electron chi connectivity index (χ1n) is 10.3. The molecule has 0 atom stereocenters. The van der Waals surface area contributed by atoms with Gasteiger partial charge in [-0.1, -0.05) is 20.8 Å². The number of nitrogens with zero attached hydrogens (tertiary/aromatic N) is 2. The highest BCUT2D eigenvalue weighted by atomic mass is 32.2. The fraction of sp³-hybridized carbons (Fsp3) is 0.500. The van der Waals surface area contributed by atoms with Gasteiger partial charge in [-0.2, -0.15) is 5.10 Å². The summed E-state index contributed by atoms with van der Waals surface area (Å²) in [5.41, 5.74) is -0.677. The van der Waals surface area contributed by atoms with Gasteiger partial charge in [0, 0.05) is 30.3 Å². The van der Waals surface area contributed by atoms with Crippen molar-refractivity contribution in [2.45, 2.75) is 65.3 Å². The van der Waals surface area contributed by atoms with Crippen molar-refractivity contribution in [1.29, 1.82) is 0 Å². The topological polar surface area (TPSA) is 140 Å². The number of carboxylic acid groups (broad SMARTS) is 1. The molecule has 10 nitrogen and oxygen atoms in total. The average molecular weight is 481 g/mol. The zero-order valence-corrected chi connectivity index (χ0v) is 21.0. The van der Waals surface area contributed by atoms with Crippen molar-refractivity contribution in [3.63, 3.8) is 0 Å². The van der Waals surface area contributed by atoms with Crippen LogP contribution in [0.15, 0.2) is 23.1 Å². The van der Waals surface area contributed by atoms with Crippen LogP contribution in [0.3, 0.4) is 0 Å². The Morgan fingerprint density at radius 2 is 1.76 bits per heavy atom. The predicted molar refractivity (Wildman–Crippen MR) is 124 cm³/mol. The van der Waals surface area contributed by atoms with Gasteiger partial charge in [-0.3, -0.25) is 4.79 Å². The second-order valence-electron chi connectivity index (χ2n) is 10.1. The van der Waals surface area contributed by atoms with E-state index >= 15 is 0 Å². The van der Waals surface area contributed by atoms with Crippen LogP contribution in [-0.2, 0) is 21.9 Å². The van der Waals surface area contributed by atoms with Gasteiger partial charge in [0.2, 0.25) is 21.8 Å². The van der Waals surface area contributed by atoms with Crippen molar-refractivity contribution in [2.75, 3.05) is 5.32 Å². The number of ether oxygens (including phenoxy) is 1. The van der Waals surface area contributed by atoms with E-state index in [0.29, 0.717) is 5.69 Å². The standard InChI is InChI=1S/C22H32N4O6S/c1-13-18(20(28)29)24-26(8)19(13)32-15-10-9-14(23-17(27)12-21(2,3)4)11-16(15)33(30,31)25-22(5,6)7/h9-11,25H,12H2,1-8H3,(H,23,27)(H,28,29). The Morgan fingerprint density at radius 1 is 1.15 bits per heavy atom. The van der Waals surface area contributed by atoms with Crippen LogP contribution in [0.4, 0.5) is 5.69 Å². The largest absolute Gasteiger partial charge is 0.476 e. The molecule has 0 fully saturated rings. The van der Waals surface area contributed by atoms with E-state index in [1.54, 1.807) is 20.8 Å². The number of benzene rings is 1. The quantitative estimate of drug-likeness (QED) is 0.549. The van der Waals surface area contributed by atoms with Crippen LogP contribution < -0.4 is 14.8 Å². The van der Waals surface area contributed by atoms with Gasteiger partial charge in [-0.15, -0.1) is 0 Å². The maximum atomic E-state index is 13.2. The Bertz CT molecular complexity index is 1170. The van der Waals surface area contributed by atoms with Crippen LogP contribution in [0, 0.1) is 12.3 Å². The van der Waals surface area contributed by atoms with Gasteiger partial charge < -0.3 is 15.2 Å². The first-order chi connectivity index (χ1) is 14.9. The number of hydrogen-bond donors (Lipinski definition) is 3. The number of carbonyl (C=O) groups is 2. The molecule has 0 spiro atoms. The smallest absolute Gasteiger partial charge is 0.356 e. The number of sulfonamides is 1. The van der Waals surface area contributed by atoms with Crippen LogP contribution in [0.25, 0.3) is 0 Å². The molecule has 2 rings (SSSR count). The molecule has 1 amide bonds. The summed E-state index contributed by atoms with van der Waals surface area (Å²) in [6, 6.07) is 4.25. The van der Waals surface area contributed by atoms with Crippen molar-refractivity contribution in [3.05, 3.63) is 29.5 Å². The third kappa shape index (κ3) is 7.03. The number of carboxylic acids is 1. The monoisotopic (exact) mass is 480 g/mol. The summed E-state index contributed by atoms with van der Waals surface area (Å²) in [5.74, 6) is -1.43. The third-order valence-electron chi connectivity index (χ3n) is 4.28. The predicted octanol–water partition coefficient (Wildman–Crippen LogP) is 3.67. The van der Waals surface area contributed by atoms with Gasteiger partial charge in [-0.25, -0.2) is 22.6 Å². The lowest BCUT2D eigenvalue weighted by Crippen LogP contribution is -2.40. The summed E-state index contributed by atoms with van der Waals surface area (Å²) in [6.45, 7) is 12.4.